The predicted octanol–water partition coefficient (Wildman–Crippen LogP) is 5.25. The number of rotatable bonds is 12. The van der Waals surface area contributed by atoms with Crippen LogP contribution in [0.4, 0.5) is 5.69 Å². The molecule has 4 heterocycles. The fourth-order valence-corrected chi connectivity index (χ4v) is 6.63. The highest BCUT2D eigenvalue weighted by Crippen LogP contribution is 2.42. The van der Waals surface area contributed by atoms with Crippen molar-refractivity contribution in [3.05, 3.63) is 111 Å². The third-order valence-electron chi connectivity index (χ3n) is 7.26. The van der Waals surface area contributed by atoms with E-state index in [1.165, 1.54) is 29.5 Å². The third-order valence-corrected chi connectivity index (χ3v) is 9.09. The van der Waals surface area contributed by atoms with Crippen LogP contribution in [0.15, 0.2) is 93.0 Å². The Morgan fingerprint density at radius 2 is 1.91 bits per heavy atom. The number of carbonyl (C=O) groups is 2. The van der Waals surface area contributed by atoms with Crippen molar-refractivity contribution in [3.8, 4) is 17.2 Å². The molecule has 0 bridgehead atoms. The van der Waals surface area contributed by atoms with Crippen LogP contribution < -0.4 is 14.8 Å². The molecule has 2 amide bonds. The number of nitro groups is 1. The number of carbonyl (C=O) groups excluding carboxylic acids is 2. The van der Waals surface area contributed by atoms with Gasteiger partial charge in [-0.3, -0.25) is 24.3 Å². The van der Waals surface area contributed by atoms with Gasteiger partial charge in [0, 0.05) is 29.8 Å². The maximum Gasteiger partial charge on any atom is 0.287 e. The number of aromatic nitrogens is 3. The second kappa shape index (κ2) is 13.9. The number of nitro benzene ring substituents is 1. The number of thioether (sulfide) groups is 1. The molecule has 1 unspecified atom stereocenters. The number of hydrazone groups is 1. The normalized spacial score (nSPS) is 14.1. The van der Waals surface area contributed by atoms with Crippen molar-refractivity contribution in [1.29, 1.82) is 0 Å². The molecule has 1 aliphatic rings. The molecule has 1 atom stereocenters. The van der Waals surface area contributed by atoms with Gasteiger partial charge in [0.25, 0.3) is 17.5 Å². The molecule has 3 aromatic heterocycles. The summed E-state index contributed by atoms with van der Waals surface area (Å²) in [4.78, 5) is 38.2. The number of non-ortho nitro benzene ring substituents is 1. The number of hydrogen-bond donors (Lipinski definition) is 1. The summed E-state index contributed by atoms with van der Waals surface area (Å²) >= 11 is 2.66. The van der Waals surface area contributed by atoms with Crippen molar-refractivity contribution in [2.45, 2.75) is 24.2 Å². The lowest BCUT2D eigenvalue weighted by atomic mass is 9.99. The van der Waals surface area contributed by atoms with E-state index >= 15 is 0 Å². The summed E-state index contributed by atoms with van der Waals surface area (Å²) in [7, 11) is 3.11. The Balaban J connectivity index is 1.28. The summed E-state index contributed by atoms with van der Waals surface area (Å²) in [5, 5.41) is 31.1. The zero-order valence-corrected chi connectivity index (χ0v) is 26.7. The molecule has 14 nitrogen and oxygen atoms in total. The molecule has 47 heavy (non-hydrogen) atoms. The minimum atomic E-state index is -0.497. The summed E-state index contributed by atoms with van der Waals surface area (Å²) in [6.45, 7) is -0.0314. The van der Waals surface area contributed by atoms with Crippen LogP contribution in [0, 0.1) is 10.1 Å². The monoisotopic (exact) mass is 673 g/mol. The SMILES string of the molecule is COc1cccc(C2CC(c3cccs3)=NN2C(=O)CSc2nnc(CNC(=O)c3ccco3)n2-c2ccc([N+](=O)[O-])cc2)c1OC. The summed E-state index contributed by atoms with van der Waals surface area (Å²) in [5.74, 6) is 0.723. The first-order valence-electron chi connectivity index (χ1n) is 14.2. The van der Waals surface area contributed by atoms with E-state index in [9.17, 15) is 19.7 Å². The van der Waals surface area contributed by atoms with Crippen molar-refractivity contribution >= 4 is 46.3 Å². The van der Waals surface area contributed by atoms with E-state index in [0.29, 0.717) is 34.6 Å². The van der Waals surface area contributed by atoms with Gasteiger partial charge in [-0.05, 0) is 41.8 Å². The van der Waals surface area contributed by atoms with E-state index < -0.39 is 16.9 Å². The number of hydrogen-bond acceptors (Lipinski definition) is 12. The van der Waals surface area contributed by atoms with Crippen molar-refractivity contribution in [3.63, 3.8) is 0 Å². The quantitative estimate of drug-likeness (QED) is 0.105. The van der Waals surface area contributed by atoms with Gasteiger partial charge in [-0.2, -0.15) is 5.10 Å². The van der Waals surface area contributed by atoms with Gasteiger partial charge in [-0.15, -0.1) is 21.5 Å². The number of amides is 2. The van der Waals surface area contributed by atoms with Crippen molar-refractivity contribution < 1.29 is 28.4 Å². The molecule has 0 radical (unpaired) electrons. The summed E-state index contributed by atoms with van der Waals surface area (Å²) in [6, 6.07) is 17.9. The summed E-state index contributed by atoms with van der Waals surface area (Å²) in [6.07, 6.45) is 1.86. The molecule has 240 valence electrons. The molecule has 1 N–H and O–H groups in total. The number of para-hydroxylation sites is 1. The number of ether oxygens (including phenoxy) is 2. The Morgan fingerprint density at radius 3 is 2.60 bits per heavy atom. The highest BCUT2D eigenvalue weighted by molar-refractivity contribution is 7.99. The minimum absolute atomic E-state index is 0.0314. The molecule has 0 aliphatic carbocycles. The second-order valence-electron chi connectivity index (χ2n) is 10.0. The Morgan fingerprint density at radius 1 is 1.09 bits per heavy atom. The maximum atomic E-state index is 13.9. The molecule has 1 aliphatic heterocycles. The minimum Gasteiger partial charge on any atom is -0.493 e. The van der Waals surface area contributed by atoms with Gasteiger partial charge < -0.3 is 19.2 Å². The van der Waals surface area contributed by atoms with Crippen molar-refractivity contribution in [1.82, 2.24) is 25.1 Å². The number of thiophene rings is 1. The van der Waals surface area contributed by atoms with Crippen LogP contribution >= 0.6 is 23.1 Å². The molecular weight excluding hydrogens is 647 g/mol. The number of benzene rings is 2. The first kappa shape index (κ1) is 31.5. The molecule has 0 spiro atoms. The van der Waals surface area contributed by atoms with Crippen LogP contribution in [-0.4, -0.2) is 62.2 Å². The van der Waals surface area contributed by atoms with Crippen molar-refractivity contribution in [2.24, 2.45) is 5.10 Å². The number of methoxy groups -OCH3 is 2. The molecule has 0 saturated carbocycles. The molecule has 2 aromatic carbocycles. The lowest BCUT2D eigenvalue weighted by molar-refractivity contribution is -0.384. The molecule has 16 heteroatoms. The smallest absolute Gasteiger partial charge is 0.287 e. The Hall–Kier alpha value is -5.48. The maximum absolute atomic E-state index is 13.9. The van der Waals surface area contributed by atoms with Crippen LogP contribution in [-0.2, 0) is 11.3 Å². The topological polar surface area (TPSA) is 167 Å². The van der Waals surface area contributed by atoms with Gasteiger partial charge >= 0.3 is 0 Å². The van der Waals surface area contributed by atoms with Crippen molar-refractivity contribution in [2.75, 3.05) is 20.0 Å². The molecule has 0 saturated heterocycles. The number of nitrogens with zero attached hydrogens (tertiary/aromatic N) is 6. The summed E-state index contributed by atoms with van der Waals surface area (Å²) in [5.41, 5.74) is 1.95. The lowest BCUT2D eigenvalue weighted by Gasteiger charge is -2.24. The van der Waals surface area contributed by atoms with Gasteiger partial charge in [0.1, 0.15) is 0 Å². The average Bonchev–Trinajstić information content (AvgIpc) is 3.92. The molecular formula is C31H27N7O7S2. The van der Waals surface area contributed by atoms with E-state index in [0.717, 1.165) is 27.9 Å². The van der Waals surface area contributed by atoms with Crippen LogP contribution in [0.25, 0.3) is 5.69 Å². The summed E-state index contributed by atoms with van der Waals surface area (Å²) < 4.78 is 18.0. The first-order chi connectivity index (χ1) is 22.9. The van der Waals surface area contributed by atoms with Crippen LogP contribution in [0.5, 0.6) is 11.5 Å². The zero-order chi connectivity index (χ0) is 32.9. The Labute approximate surface area is 276 Å². The highest BCUT2D eigenvalue weighted by atomic mass is 32.2. The van der Waals surface area contributed by atoms with Gasteiger partial charge in [-0.25, -0.2) is 5.01 Å². The van der Waals surface area contributed by atoms with Gasteiger partial charge in [0.2, 0.25) is 0 Å². The van der Waals surface area contributed by atoms with E-state index in [1.807, 2.05) is 29.6 Å². The van der Waals surface area contributed by atoms with Crippen LogP contribution in [0.3, 0.4) is 0 Å². The van der Waals surface area contributed by atoms with Gasteiger partial charge in [0.15, 0.2) is 28.2 Å². The number of nitrogens with one attached hydrogen (secondary N) is 1. The molecule has 6 rings (SSSR count). The Kier molecular flexibility index (Phi) is 9.30. The van der Waals surface area contributed by atoms with E-state index in [2.05, 4.69) is 15.5 Å². The van der Waals surface area contributed by atoms with Gasteiger partial charge in [0.05, 0.1) is 54.3 Å². The van der Waals surface area contributed by atoms with Gasteiger partial charge in [-0.1, -0.05) is 30.0 Å². The zero-order valence-electron chi connectivity index (χ0n) is 25.1. The fraction of sp³-hybridized carbons (Fsp3) is 0.194. The molecule has 0 fully saturated rings. The standard InChI is InChI=1S/C31H27N7O7S2/c1-43-24-7-3-6-21(29(24)44-2)23-16-22(26-9-5-15-46-26)35-37(23)28(39)18-47-31-34-33-27(17-32-30(40)25-8-4-14-45-25)36(31)19-10-12-20(13-11-19)38(41)42/h3-15,23H,16-18H2,1-2H3,(H,32,40). The van der Waals surface area contributed by atoms with Crippen LogP contribution in [0.2, 0.25) is 0 Å². The molecule has 5 aromatic rings. The highest BCUT2D eigenvalue weighted by Gasteiger charge is 2.36. The Bertz CT molecular complexity index is 1920. The lowest BCUT2D eigenvalue weighted by Crippen LogP contribution is -2.29. The number of furan rings is 1. The van der Waals surface area contributed by atoms with E-state index in [-0.39, 0.29) is 29.7 Å². The predicted molar refractivity (Wildman–Crippen MR) is 173 cm³/mol. The first-order valence-corrected chi connectivity index (χ1v) is 16.0. The largest absolute Gasteiger partial charge is 0.493 e. The van der Waals surface area contributed by atoms with Crippen LogP contribution in [0.1, 0.15) is 39.3 Å². The van der Waals surface area contributed by atoms with E-state index in [1.54, 1.807) is 54.4 Å². The fourth-order valence-electron chi connectivity index (χ4n) is 5.09. The third kappa shape index (κ3) is 6.59. The van der Waals surface area contributed by atoms with E-state index in [4.69, 9.17) is 19.0 Å². The second-order valence-corrected chi connectivity index (χ2v) is 11.9. The average molecular weight is 674 g/mol.